The van der Waals surface area contributed by atoms with E-state index in [-0.39, 0.29) is 5.92 Å². The fraction of sp³-hybridized carbons (Fsp3) is 0.464. The Labute approximate surface area is 213 Å². The maximum atomic E-state index is 13.5. The fourth-order valence-corrected chi connectivity index (χ4v) is 6.00. The van der Waals surface area contributed by atoms with Crippen LogP contribution in [-0.2, 0) is 15.7 Å². The number of nitrogens with zero attached hydrogens (tertiary/aromatic N) is 1. The van der Waals surface area contributed by atoms with Crippen molar-refractivity contribution < 1.29 is 32.9 Å². The van der Waals surface area contributed by atoms with Crippen molar-refractivity contribution in [2.75, 3.05) is 0 Å². The maximum Gasteiger partial charge on any atom is 0.417 e. The number of aliphatic hydroxyl groups excluding tert-OH is 2. The average Bonchev–Trinajstić information content (AvgIpc) is 3.15. The quantitative estimate of drug-likeness (QED) is 0.526. The third kappa shape index (κ3) is 3.90. The number of hydrogen-bond donors (Lipinski definition) is 3. The number of hydrogen-bond acceptors (Lipinski definition) is 6. The van der Waals surface area contributed by atoms with Gasteiger partial charge in [-0.2, -0.15) is 18.4 Å². The minimum atomic E-state index is -4.67. The van der Waals surface area contributed by atoms with Gasteiger partial charge in [-0.3, -0.25) is 0 Å². The number of allylic oxidation sites excluding steroid dienone is 1. The number of alkyl halides is 3. The lowest BCUT2D eigenvalue weighted by Gasteiger charge is -2.49. The number of nitrogens with one attached hydrogen (secondary N) is 1. The summed E-state index contributed by atoms with van der Waals surface area (Å²) >= 11 is 0. The molecule has 1 aromatic rings. The van der Waals surface area contributed by atoms with Crippen LogP contribution in [0.2, 0.25) is 0 Å². The topological polar surface area (TPSA) is 94.7 Å². The van der Waals surface area contributed by atoms with E-state index in [1.54, 1.807) is 18.2 Å². The first-order valence-electron chi connectivity index (χ1n) is 12.2. The lowest BCUT2D eigenvalue weighted by Crippen LogP contribution is -2.58. The predicted molar refractivity (Wildman–Crippen MR) is 128 cm³/mol. The Hall–Kier alpha value is -3.06. The summed E-state index contributed by atoms with van der Waals surface area (Å²) in [6, 6.07) is 4.54. The van der Waals surface area contributed by atoms with Gasteiger partial charge in [-0.1, -0.05) is 33.8 Å². The monoisotopic (exact) mass is 514 g/mol. The SMILES string of the molecule is CC(C)C1=C2C(=C3C(N1)[C@H](O)C(C)(C)C[C@@H]3O)C1(C=COC=C1)O[C@@H]2c1ccc(C(F)(F)F)c(C#N)c1. The minimum Gasteiger partial charge on any atom is -0.473 e. The molecule has 3 N–H and O–H groups in total. The van der Waals surface area contributed by atoms with Crippen molar-refractivity contribution in [3.05, 3.63) is 82.0 Å². The summed E-state index contributed by atoms with van der Waals surface area (Å²) in [5, 5.41) is 35.7. The van der Waals surface area contributed by atoms with E-state index in [1.165, 1.54) is 24.7 Å². The van der Waals surface area contributed by atoms with Crippen LogP contribution in [0.3, 0.4) is 0 Å². The first-order chi connectivity index (χ1) is 17.3. The molecule has 6 nitrogen and oxygen atoms in total. The van der Waals surface area contributed by atoms with E-state index in [0.717, 1.165) is 11.8 Å². The van der Waals surface area contributed by atoms with Crippen molar-refractivity contribution in [2.24, 2.45) is 11.3 Å². The highest BCUT2D eigenvalue weighted by Gasteiger charge is 2.56. The van der Waals surface area contributed by atoms with E-state index >= 15 is 0 Å². The normalized spacial score (nSPS) is 29.6. The third-order valence-corrected chi connectivity index (χ3v) is 7.79. The van der Waals surface area contributed by atoms with Crippen LogP contribution in [0.15, 0.2) is 65.3 Å². The fourth-order valence-electron chi connectivity index (χ4n) is 6.00. The second kappa shape index (κ2) is 8.48. The Kier molecular flexibility index (Phi) is 5.87. The number of halogens is 3. The van der Waals surface area contributed by atoms with Crippen LogP contribution in [-0.4, -0.2) is 34.1 Å². The number of nitriles is 1. The van der Waals surface area contributed by atoms with Gasteiger partial charge in [0.15, 0.2) is 0 Å². The van der Waals surface area contributed by atoms with Crippen molar-refractivity contribution in [3.8, 4) is 6.07 Å². The lowest BCUT2D eigenvalue weighted by molar-refractivity contribution is -0.137. The van der Waals surface area contributed by atoms with Crippen LogP contribution in [0.1, 0.15) is 56.9 Å². The summed E-state index contributed by atoms with van der Waals surface area (Å²) < 4.78 is 52.4. The molecule has 0 amide bonds. The third-order valence-electron chi connectivity index (χ3n) is 7.79. The van der Waals surface area contributed by atoms with Gasteiger partial charge < -0.3 is 25.0 Å². The highest BCUT2D eigenvalue weighted by molar-refractivity contribution is 5.63. The number of benzene rings is 1. The van der Waals surface area contributed by atoms with Crippen molar-refractivity contribution >= 4 is 0 Å². The molecular weight excluding hydrogens is 485 g/mol. The number of fused-ring (bicyclic) bond motifs is 3. The first kappa shape index (κ1) is 25.6. The zero-order valence-corrected chi connectivity index (χ0v) is 20.9. The first-order valence-corrected chi connectivity index (χ1v) is 12.2. The van der Waals surface area contributed by atoms with E-state index in [9.17, 15) is 28.6 Å². The van der Waals surface area contributed by atoms with E-state index in [0.29, 0.717) is 28.7 Å². The Morgan fingerprint density at radius 2 is 1.84 bits per heavy atom. The number of rotatable bonds is 2. The summed E-state index contributed by atoms with van der Waals surface area (Å²) in [7, 11) is 0. The molecule has 37 heavy (non-hydrogen) atoms. The zero-order valence-electron chi connectivity index (χ0n) is 20.9. The number of aliphatic hydroxyl groups is 2. The Morgan fingerprint density at radius 1 is 1.16 bits per heavy atom. The Balaban J connectivity index is 1.77. The molecule has 1 saturated heterocycles. The molecule has 1 unspecified atom stereocenters. The molecule has 1 saturated carbocycles. The Bertz CT molecular complexity index is 1290. The van der Waals surface area contributed by atoms with Crippen LogP contribution in [0.4, 0.5) is 13.2 Å². The molecule has 2 fully saturated rings. The smallest absolute Gasteiger partial charge is 0.417 e. The molecule has 4 atom stereocenters. The van der Waals surface area contributed by atoms with Crippen molar-refractivity contribution in [1.82, 2.24) is 5.32 Å². The van der Waals surface area contributed by atoms with Gasteiger partial charge in [-0.15, -0.1) is 0 Å². The van der Waals surface area contributed by atoms with E-state index in [4.69, 9.17) is 9.47 Å². The summed E-state index contributed by atoms with van der Waals surface area (Å²) in [6.07, 6.45) is -0.570. The van der Waals surface area contributed by atoms with Crippen LogP contribution >= 0.6 is 0 Å². The van der Waals surface area contributed by atoms with E-state index in [1.807, 2.05) is 27.7 Å². The summed E-state index contributed by atoms with van der Waals surface area (Å²) in [5.41, 5.74) is -0.150. The molecule has 4 aliphatic rings. The second-order valence-electron chi connectivity index (χ2n) is 11.0. The van der Waals surface area contributed by atoms with Crippen LogP contribution in [0, 0.1) is 22.7 Å². The number of ether oxygens (including phenoxy) is 2. The summed E-state index contributed by atoms with van der Waals surface area (Å²) in [4.78, 5) is 0. The summed E-state index contributed by atoms with van der Waals surface area (Å²) in [6.45, 7) is 7.75. The van der Waals surface area contributed by atoms with Gasteiger partial charge in [0.1, 0.15) is 11.7 Å². The molecule has 5 rings (SSSR count). The van der Waals surface area contributed by atoms with Gasteiger partial charge in [-0.25, -0.2) is 0 Å². The van der Waals surface area contributed by atoms with Crippen molar-refractivity contribution in [3.63, 3.8) is 0 Å². The zero-order chi connectivity index (χ0) is 26.9. The predicted octanol–water partition coefficient (Wildman–Crippen LogP) is 4.77. The number of dihydropyridines is 1. The van der Waals surface area contributed by atoms with Gasteiger partial charge >= 0.3 is 6.18 Å². The van der Waals surface area contributed by atoms with Crippen LogP contribution in [0.25, 0.3) is 0 Å². The second-order valence-corrected chi connectivity index (χ2v) is 11.0. The standard InChI is InChI=1S/C28H29F3N2O4/c1-14(2)22-20-21(19-18(34)12-26(3,4)25(35)23(19)33-22)27(7-9-36-10-8-27)37-24(20)15-5-6-17(28(29,30)31)16(11-15)13-32/h5-11,14,18,23-25,33-35H,12H2,1-4H3/t18-,23?,24+,25-/m0/s1. The van der Waals surface area contributed by atoms with Gasteiger partial charge in [0.2, 0.25) is 0 Å². The highest BCUT2D eigenvalue weighted by atomic mass is 19.4. The van der Waals surface area contributed by atoms with E-state index in [2.05, 4.69) is 5.32 Å². The molecule has 1 aromatic carbocycles. The maximum absolute atomic E-state index is 13.5. The summed E-state index contributed by atoms with van der Waals surface area (Å²) in [5.74, 6) is -0.0696. The molecule has 0 bridgehead atoms. The average molecular weight is 515 g/mol. The van der Waals surface area contributed by atoms with Gasteiger partial charge in [0.25, 0.3) is 0 Å². The molecule has 9 heteroatoms. The molecule has 3 heterocycles. The van der Waals surface area contributed by atoms with Gasteiger partial charge in [-0.05, 0) is 53.2 Å². The van der Waals surface area contributed by atoms with Crippen molar-refractivity contribution in [1.29, 1.82) is 5.26 Å². The van der Waals surface area contributed by atoms with Crippen LogP contribution < -0.4 is 5.32 Å². The molecule has 0 radical (unpaired) electrons. The van der Waals surface area contributed by atoms with Crippen molar-refractivity contribution in [2.45, 2.75) is 70.2 Å². The van der Waals surface area contributed by atoms with Gasteiger partial charge in [0.05, 0.1) is 48.0 Å². The Morgan fingerprint density at radius 3 is 2.43 bits per heavy atom. The molecule has 196 valence electrons. The lowest BCUT2D eigenvalue weighted by atomic mass is 9.64. The molecule has 1 spiro atoms. The minimum absolute atomic E-state index is 0.0696. The van der Waals surface area contributed by atoms with E-state index < -0.39 is 52.7 Å². The highest BCUT2D eigenvalue weighted by Crippen LogP contribution is 2.57. The largest absolute Gasteiger partial charge is 0.473 e. The van der Waals surface area contributed by atoms with Gasteiger partial charge in [0, 0.05) is 16.8 Å². The van der Waals surface area contributed by atoms with Crippen LogP contribution in [0.5, 0.6) is 0 Å². The molecular formula is C28H29F3N2O4. The molecule has 3 aliphatic heterocycles. The molecule has 0 aromatic heterocycles. The molecule has 1 aliphatic carbocycles.